The van der Waals surface area contributed by atoms with Gasteiger partial charge in [-0.05, 0) is 25.3 Å². The molecule has 0 bridgehead atoms. The molecule has 1 amide bonds. The van der Waals surface area contributed by atoms with Gasteiger partial charge in [-0.15, -0.1) is 11.3 Å². The second kappa shape index (κ2) is 9.03. The van der Waals surface area contributed by atoms with Crippen molar-refractivity contribution in [2.24, 2.45) is 0 Å². The summed E-state index contributed by atoms with van der Waals surface area (Å²) < 4.78 is 37.6. The van der Waals surface area contributed by atoms with Crippen LogP contribution in [0.15, 0.2) is 17.5 Å². The summed E-state index contributed by atoms with van der Waals surface area (Å²) in [5.41, 5.74) is 0. The van der Waals surface area contributed by atoms with Gasteiger partial charge in [-0.25, -0.2) is 4.79 Å². The summed E-state index contributed by atoms with van der Waals surface area (Å²) in [5.74, 6) is -2.53. The second-order valence-corrected chi connectivity index (χ2v) is 7.70. The SMILES string of the molecule is CC(C)N1CCO[C@H]2CN(C(=O)Cc3cccs3)C[C@H]21.O=C(O)C(F)(F)F. The Balaban J connectivity index is 0.000000321. The summed E-state index contributed by atoms with van der Waals surface area (Å²) in [4.78, 5) is 26.9. The first kappa shape index (κ1) is 21.6. The van der Waals surface area contributed by atoms with E-state index in [1.807, 2.05) is 22.4 Å². The fourth-order valence-electron chi connectivity index (χ4n) is 3.23. The molecule has 27 heavy (non-hydrogen) atoms. The number of halogens is 3. The molecular formula is C17H23F3N2O4S. The number of rotatable bonds is 3. The zero-order chi connectivity index (χ0) is 20.2. The third kappa shape index (κ3) is 5.91. The topological polar surface area (TPSA) is 70.1 Å². The van der Waals surface area contributed by atoms with Crippen molar-refractivity contribution < 1.29 is 32.6 Å². The highest BCUT2D eigenvalue weighted by molar-refractivity contribution is 7.10. The first-order valence-electron chi connectivity index (χ1n) is 8.57. The average Bonchev–Trinajstić information content (AvgIpc) is 3.22. The van der Waals surface area contributed by atoms with Crippen molar-refractivity contribution in [1.82, 2.24) is 9.80 Å². The predicted octanol–water partition coefficient (Wildman–Crippen LogP) is 2.24. The quantitative estimate of drug-likeness (QED) is 0.831. The Labute approximate surface area is 159 Å². The van der Waals surface area contributed by atoms with Crippen molar-refractivity contribution in [3.8, 4) is 0 Å². The molecule has 2 fully saturated rings. The summed E-state index contributed by atoms with van der Waals surface area (Å²) in [6.07, 6.45) is -4.36. The minimum Gasteiger partial charge on any atom is -0.475 e. The number of carboxylic acids is 1. The monoisotopic (exact) mass is 408 g/mol. The van der Waals surface area contributed by atoms with Crippen LogP contribution in [0.5, 0.6) is 0 Å². The minimum absolute atomic E-state index is 0.193. The molecule has 6 nitrogen and oxygen atoms in total. The summed E-state index contributed by atoms with van der Waals surface area (Å²) in [7, 11) is 0. The molecule has 2 aliphatic rings. The van der Waals surface area contributed by atoms with Crippen LogP contribution in [0.2, 0.25) is 0 Å². The van der Waals surface area contributed by atoms with Gasteiger partial charge in [-0.3, -0.25) is 9.69 Å². The fraction of sp³-hybridized carbons (Fsp3) is 0.647. The molecule has 10 heteroatoms. The first-order chi connectivity index (χ1) is 12.6. The number of likely N-dealkylation sites (tertiary alicyclic amines) is 1. The predicted molar refractivity (Wildman–Crippen MR) is 93.7 cm³/mol. The molecule has 1 N–H and O–H groups in total. The molecule has 0 aliphatic carbocycles. The Hall–Kier alpha value is -1.65. The lowest BCUT2D eigenvalue weighted by atomic mass is 10.1. The third-order valence-corrected chi connectivity index (χ3v) is 5.38. The number of carbonyl (C=O) groups excluding carboxylic acids is 1. The standard InChI is InChI=1S/C15H22N2O2S.C2HF3O2/c1-11(2)17-5-6-19-14-10-16(9-13(14)17)15(18)8-12-4-3-7-20-12;3-2(4,5)1(6)7/h3-4,7,11,13-14H,5-6,8-10H2,1-2H3;(H,6,7)/t13-,14+;/m1./s1. The van der Waals surface area contributed by atoms with Crippen molar-refractivity contribution in [2.75, 3.05) is 26.2 Å². The molecular weight excluding hydrogens is 385 g/mol. The van der Waals surface area contributed by atoms with E-state index in [1.165, 1.54) is 0 Å². The van der Waals surface area contributed by atoms with Gasteiger partial charge in [0.25, 0.3) is 0 Å². The molecule has 1 aromatic heterocycles. The van der Waals surface area contributed by atoms with E-state index in [0.717, 1.165) is 31.1 Å². The number of nitrogens with zero attached hydrogens (tertiary/aromatic N) is 2. The number of ether oxygens (including phenoxy) is 1. The molecule has 2 aliphatic heterocycles. The summed E-state index contributed by atoms with van der Waals surface area (Å²) >= 11 is 1.65. The maximum atomic E-state index is 12.4. The number of aliphatic carboxylic acids is 1. The third-order valence-electron chi connectivity index (χ3n) is 4.51. The highest BCUT2D eigenvalue weighted by Crippen LogP contribution is 2.25. The van der Waals surface area contributed by atoms with Crippen LogP contribution in [-0.2, 0) is 20.7 Å². The van der Waals surface area contributed by atoms with Gasteiger partial charge in [0.2, 0.25) is 5.91 Å². The van der Waals surface area contributed by atoms with Crippen LogP contribution in [0, 0.1) is 0 Å². The van der Waals surface area contributed by atoms with Gasteiger partial charge in [0, 0.05) is 30.6 Å². The number of fused-ring (bicyclic) bond motifs is 1. The lowest BCUT2D eigenvalue weighted by molar-refractivity contribution is -0.192. The smallest absolute Gasteiger partial charge is 0.475 e. The zero-order valence-electron chi connectivity index (χ0n) is 15.1. The zero-order valence-corrected chi connectivity index (χ0v) is 15.9. The maximum absolute atomic E-state index is 12.4. The van der Waals surface area contributed by atoms with Crippen LogP contribution in [0.1, 0.15) is 18.7 Å². The summed E-state index contributed by atoms with van der Waals surface area (Å²) in [5, 5.41) is 9.15. The van der Waals surface area contributed by atoms with Crippen molar-refractivity contribution in [3.05, 3.63) is 22.4 Å². The number of alkyl halides is 3. The van der Waals surface area contributed by atoms with E-state index in [1.54, 1.807) is 11.3 Å². The van der Waals surface area contributed by atoms with Crippen molar-refractivity contribution in [2.45, 2.75) is 44.6 Å². The number of hydrogen-bond donors (Lipinski definition) is 1. The highest BCUT2D eigenvalue weighted by atomic mass is 32.1. The molecule has 3 heterocycles. The molecule has 3 rings (SSSR count). The van der Waals surface area contributed by atoms with Crippen LogP contribution < -0.4 is 0 Å². The van der Waals surface area contributed by atoms with Gasteiger partial charge in [0.05, 0.1) is 25.2 Å². The van der Waals surface area contributed by atoms with Gasteiger partial charge >= 0.3 is 12.1 Å². The van der Waals surface area contributed by atoms with Crippen LogP contribution in [-0.4, -0.2) is 77.4 Å². The normalized spacial score (nSPS) is 23.0. The van der Waals surface area contributed by atoms with E-state index in [4.69, 9.17) is 14.6 Å². The molecule has 0 unspecified atom stereocenters. The molecule has 0 aromatic carbocycles. The molecule has 0 spiro atoms. The number of morpholine rings is 1. The first-order valence-corrected chi connectivity index (χ1v) is 9.45. The van der Waals surface area contributed by atoms with Gasteiger partial charge in [0.1, 0.15) is 0 Å². The Morgan fingerprint density at radius 2 is 2.04 bits per heavy atom. The molecule has 2 atom stereocenters. The number of hydrogen-bond acceptors (Lipinski definition) is 5. The van der Waals surface area contributed by atoms with E-state index in [2.05, 4.69) is 18.7 Å². The summed E-state index contributed by atoms with van der Waals surface area (Å²) in [6, 6.07) is 4.92. The number of amides is 1. The lowest BCUT2D eigenvalue weighted by Crippen LogP contribution is -2.53. The lowest BCUT2D eigenvalue weighted by Gasteiger charge is -2.39. The number of thiophene rings is 1. The van der Waals surface area contributed by atoms with Crippen LogP contribution >= 0.6 is 11.3 Å². The van der Waals surface area contributed by atoms with Crippen LogP contribution in [0.4, 0.5) is 13.2 Å². The fourth-order valence-corrected chi connectivity index (χ4v) is 3.93. The second-order valence-electron chi connectivity index (χ2n) is 6.67. The van der Waals surface area contributed by atoms with E-state index >= 15 is 0 Å². The van der Waals surface area contributed by atoms with E-state index < -0.39 is 12.1 Å². The van der Waals surface area contributed by atoms with Crippen molar-refractivity contribution in [3.63, 3.8) is 0 Å². The molecule has 1 aromatic rings. The molecule has 0 radical (unpaired) electrons. The van der Waals surface area contributed by atoms with E-state index in [-0.39, 0.29) is 12.0 Å². The highest BCUT2D eigenvalue weighted by Gasteiger charge is 2.42. The number of carboxylic acid groups (broad SMARTS) is 1. The Kier molecular flexibility index (Phi) is 7.24. The molecule has 0 saturated carbocycles. The van der Waals surface area contributed by atoms with Gasteiger partial charge in [-0.1, -0.05) is 6.07 Å². The van der Waals surface area contributed by atoms with E-state index in [0.29, 0.717) is 18.5 Å². The van der Waals surface area contributed by atoms with Crippen LogP contribution in [0.3, 0.4) is 0 Å². The van der Waals surface area contributed by atoms with Crippen molar-refractivity contribution in [1.29, 1.82) is 0 Å². The minimum atomic E-state index is -5.08. The Morgan fingerprint density at radius 3 is 2.56 bits per heavy atom. The Morgan fingerprint density at radius 1 is 1.37 bits per heavy atom. The largest absolute Gasteiger partial charge is 0.490 e. The maximum Gasteiger partial charge on any atom is 0.490 e. The van der Waals surface area contributed by atoms with Crippen molar-refractivity contribution >= 4 is 23.2 Å². The van der Waals surface area contributed by atoms with E-state index in [9.17, 15) is 18.0 Å². The summed E-state index contributed by atoms with van der Waals surface area (Å²) in [6.45, 7) is 7.76. The Bertz CT molecular complexity index is 637. The van der Waals surface area contributed by atoms with Crippen LogP contribution in [0.25, 0.3) is 0 Å². The van der Waals surface area contributed by atoms with Gasteiger partial charge in [-0.2, -0.15) is 13.2 Å². The molecule has 2 saturated heterocycles. The average molecular weight is 408 g/mol. The molecule has 152 valence electrons. The van der Waals surface area contributed by atoms with Gasteiger partial charge < -0.3 is 14.7 Å². The van der Waals surface area contributed by atoms with Gasteiger partial charge in [0.15, 0.2) is 0 Å². The number of carbonyl (C=O) groups is 2.